The minimum atomic E-state index is 0.0714. The molecule has 2 atom stereocenters. The third-order valence-electron chi connectivity index (χ3n) is 3.92. The molecule has 0 aliphatic carbocycles. The highest BCUT2D eigenvalue weighted by atomic mass is 35.5. The molecule has 1 aliphatic rings. The number of nitrogens with two attached hydrogens (primary N) is 1. The molecule has 0 spiro atoms. The molecule has 0 bridgehead atoms. The van der Waals surface area contributed by atoms with E-state index < -0.39 is 0 Å². The highest BCUT2D eigenvalue weighted by Crippen LogP contribution is 2.25. The number of carbonyl (C=O) groups is 1. The summed E-state index contributed by atoms with van der Waals surface area (Å²) >= 11 is 6.00. The Labute approximate surface area is 119 Å². The summed E-state index contributed by atoms with van der Waals surface area (Å²) in [5.74, 6) is 0.715. The van der Waals surface area contributed by atoms with Crippen LogP contribution in [0.25, 0.3) is 0 Å². The molecule has 1 fully saturated rings. The van der Waals surface area contributed by atoms with Crippen molar-refractivity contribution in [1.82, 2.24) is 4.90 Å². The van der Waals surface area contributed by atoms with Gasteiger partial charge < -0.3 is 10.6 Å². The van der Waals surface area contributed by atoms with E-state index in [0.717, 1.165) is 24.9 Å². The van der Waals surface area contributed by atoms with Gasteiger partial charge in [0.05, 0.1) is 0 Å². The number of aryl methyl sites for hydroxylation is 1. The zero-order valence-corrected chi connectivity index (χ0v) is 12.3. The lowest BCUT2D eigenvalue weighted by Crippen LogP contribution is -2.49. The van der Waals surface area contributed by atoms with Crippen LogP contribution in [0.15, 0.2) is 18.2 Å². The number of carbonyl (C=O) groups excluding carboxylic acids is 1. The lowest BCUT2D eigenvalue weighted by atomic mass is 9.92. The summed E-state index contributed by atoms with van der Waals surface area (Å²) in [6.45, 7) is 5.46. The Kier molecular flexibility index (Phi) is 4.48. The van der Waals surface area contributed by atoms with Gasteiger partial charge in [0.25, 0.3) is 5.91 Å². The second-order valence-corrected chi connectivity index (χ2v) is 5.89. The lowest BCUT2D eigenvalue weighted by molar-refractivity contribution is 0.0573. The van der Waals surface area contributed by atoms with Crippen LogP contribution in [0.5, 0.6) is 0 Å². The Hall–Kier alpha value is -1.06. The summed E-state index contributed by atoms with van der Waals surface area (Å²) < 4.78 is 0. The van der Waals surface area contributed by atoms with Crippen molar-refractivity contribution < 1.29 is 4.79 Å². The van der Waals surface area contributed by atoms with Crippen LogP contribution < -0.4 is 5.73 Å². The molecule has 2 N–H and O–H groups in total. The second kappa shape index (κ2) is 5.93. The molecule has 1 aromatic rings. The number of hydrogen-bond acceptors (Lipinski definition) is 2. The largest absolute Gasteiger partial charge is 0.334 e. The molecular weight excluding hydrogens is 260 g/mol. The van der Waals surface area contributed by atoms with Crippen molar-refractivity contribution in [3.63, 3.8) is 0 Å². The molecule has 1 amide bonds. The fourth-order valence-corrected chi connectivity index (χ4v) is 2.80. The van der Waals surface area contributed by atoms with E-state index >= 15 is 0 Å². The normalized spacial score (nSPS) is 23.5. The van der Waals surface area contributed by atoms with Crippen LogP contribution in [-0.2, 0) is 0 Å². The van der Waals surface area contributed by atoms with Crippen molar-refractivity contribution in [3.05, 3.63) is 34.3 Å². The van der Waals surface area contributed by atoms with Crippen LogP contribution in [0.4, 0.5) is 0 Å². The Balaban J connectivity index is 2.20. The molecular formula is C15H21ClN2O. The Bertz CT molecular complexity index is 475. The number of amides is 1. The van der Waals surface area contributed by atoms with Gasteiger partial charge in [-0.25, -0.2) is 0 Å². The molecule has 3 nitrogen and oxygen atoms in total. The third-order valence-corrected chi connectivity index (χ3v) is 4.34. The molecule has 0 saturated carbocycles. The Morgan fingerprint density at radius 1 is 1.53 bits per heavy atom. The molecule has 4 heteroatoms. The van der Waals surface area contributed by atoms with Gasteiger partial charge in [-0.1, -0.05) is 18.5 Å². The Morgan fingerprint density at radius 2 is 2.26 bits per heavy atom. The number of hydrogen-bond donors (Lipinski definition) is 1. The second-order valence-electron chi connectivity index (χ2n) is 5.48. The van der Waals surface area contributed by atoms with E-state index in [1.807, 2.05) is 17.9 Å². The van der Waals surface area contributed by atoms with Crippen LogP contribution >= 0.6 is 11.6 Å². The monoisotopic (exact) mass is 280 g/mol. The first-order chi connectivity index (χ1) is 9.02. The average Bonchev–Trinajstić information content (AvgIpc) is 2.41. The molecule has 1 saturated heterocycles. The van der Waals surface area contributed by atoms with Crippen LogP contribution in [0.2, 0.25) is 5.02 Å². The van der Waals surface area contributed by atoms with Gasteiger partial charge in [0, 0.05) is 29.7 Å². The fraction of sp³-hybridized carbons (Fsp3) is 0.533. The molecule has 19 heavy (non-hydrogen) atoms. The number of likely N-dealkylation sites (tertiary alicyclic amines) is 1. The summed E-state index contributed by atoms with van der Waals surface area (Å²) in [7, 11) is 0. The minimum Gasteiger partial charge on any atom is -0.334 e. The van der Waals surface area contributed by atoms with Crippen LogP contribution in [0.3, 0.4) is 0 Å². The number of piperidine rings is 1. The quantitative estimate of drug-likeness (QED) is 0.905. The summed E-state index contributed by atoms with van der Waals surface area (Å²) in [4.78, 5) is 14.5. The predicted molar refractivity (Wildman–Crippen MR) is 78.5 cm³/mol. The first-order valence-electron chi connectivity index (χ1n) is 6.80. The SMILES string of the molecule is Cc1cc(C(=O)N2CCC(C)CC2CN)ccc1Cl. The maximum Gasteiger partial charge on any atom is 0.254 e. The van der Waals surface area contributed by atoms with E-state index in [1.165, 1.54) is 0 Å². The maximum atomic E-state index is 12.6. The third kappa shape index (κ3) is 3.10. The van der Waals surface area contributed by atoms with Crippen molar-refractivity contribution in [2.75, 3.05) is 13.1 Å². The van der Waals surface area contributed by atoms with Gasteiger partial charge in [-0.05, 0) is 49.4 Å². The minimum absolute atomic E-state index is 0.0714. The fourth-order valence-electron chi connectivity index (χ4n) is 2.69. The molecule has 0 radical (unpaired) electrons. The molecule has 104 valence electrons. The van der Waals surface area contributed by atoms with E-state index in [9.17, 15) is 4.79 Å². The van der Waals surface area contributed by atoms with Gasteiger partial charge in [0.2, 0.25) is 0 Å². The van der Waals surface area contributed by atoms with E-state index in [-0.39, 0.29) is 11.9 Å². The zero-order chi connectivity index (χ0) is 14.0. The summed E-state index contributed by atoms with van der Waals surface area (Å²) in [6.07, 6.45) is 2.05. The van der Waals surface area contributed by atoms with Gasteiger partial charge >= 0.3 is 0 Å². The average molecular weight is 281 g/mol. The van der Waals surface area contributed by atoms with E-state index in [4.69, 9.17) is 17.3 Å². The number of nitrogens with zero attached hydrogens (tertiary/aromatic N) is 1. The maximum absolute atomic E-state index is 12.6. The van der Waals surface area contributed by atoms with Crippen molar-refractivity contribution in [2.24, 2.45) is 11.7 Å². The molecule has 1 heterocycles. The first-order valence-corrected chi connectivity index (χ1v) is 7.18. The summed E-state index contributed by atoms with van der Waals surface area (Å²) in [5, 5.41) is 0.694. The highest BCUT2D eigenvalue weighted by Gasteiger charge is 2.29. The van der Waals surface area contributed by atoms with Gasteiger partial charge in [0.1, 0.15) is 0 Å². The van der Waals surface area contributed by atoms with E-state index in [2.05, 4.69) is 6.92 Å². The van der Waals surface area contributed by atoms with E-state index in [0.29, 0.717) is 23.0 Å². The number of benzene rings is 1. The summed E-state index contributed by atoms with van der Waals surface area (Å²) in [5.41, 5.74) is 7.45. The molecule has 2 rings (SSSR count). The molecule has 1 aromatic carbocycles. The topological polar surface area (TPSA) is 46.3 Å². The molecule has 2 unspecified atom stereocenters. The number of rotatable bonds is 2. The van der Waals surface area contributed by atoms with Crippen molar-refractivity contribution in [1.29, 1.82) is 0 Å². The highest BCUT2D eigenvalue weighted by molar-refractivity contribution is 6.31. The zero-order valence-electron chi connectivity index (χ0n) is 11.5. The van der Waals surface area contributed by atoms with Crippen molar-refractivity contribution >= 4 is 17.5 Å². The Morgan fingerprint density at radius 3 is 2.89 bits per heavy atom. The van der Waals surface area contributed by atoms with E-state index in [1.54, 1.807) is 12.1 Å². The standard InChI is InChI=1S/C15H21ClN2O/c1-10-5-6-18(13(7-10)9-17)15(19)12-3-4-14(16)11(2)8-12/h3-4,8,10,13H,5-7,9,17H2,1-2H3. The van der Waals surface area contributed by atoms with Crippen LogP contribution in [0.1, 0.15) is 35.7 Å². The van der Waals surface area contributed by atoms with Crippen molar-refractivity contribution in [2.45, 2.75) is 32.7 Å². The van der Waals surface area contributed by atoms with Gasteiger partial charge in [-0.2, -0.15) is 0 Å². The van der Waals surface area contributed by atoms with Crippen LogP contribution in [-0.4, -0.2) is 29.9 Å². The van der Waals surface area contributed by atoms with Crippen molar-refractivity contribution in [3.8, 4) is 0 Å². The van der Waals surface area contributed by atoms with Gasteiger partial charge in [-0.3, -0.25) is 4.79 Å². The van der Waals surface area contributed by atoms with Gasteiger partial charge in [-0.15, -0.1) is 0 Å². The molecule has 1 aliphatic heterocycles. The summed E-state index contributed by atoms with van der Waals surface area (Å²) in [6, 6.07) is 5.60. The van der Waals surface area contributed by atoms with Gasteiger partial charge in [0.15, 0.2) is 0 Å². The lowest BCUT2D eigenvalue weighted by Gasteiger charge is -2.38. The molecule has 0 aromatic heterocycles. The smallest absolute Gasteiger partial charge is 0.254 e. The predicted octanol–water partition coefficient (Wildman–Crippen LogP) is 2.85. The number of halogens is 1. The van der Waals surface area contributed by atoms with Crippen LogP contribution in [0, 0.1) is 12.8 Å². The first kappa shape index (κ1) is 14.4.